The minimum absolute atomic E-state index is 0.124. The van der Waals surface area contributed by atoms with Crippen LogP contribution < -0.4 is 5.46 Å². The molecule has 0 aromatic heterocycles. The first-order chi connectivity index (χ1) is 9.17. The Morgan fingerprint density at radius 1 is 1.10 bits per heavy atom. The topological polar surface area (TPSA) is 20.2 Å². The van der Waals surface area contributed by atoms with Gasteiger partial charge in [0, 0.05) is 0 Å². The second-order valence-electron chi connectivity index (χ2n) is 7.21. The summed E-state index contributed by atoms with van der Waals surface area (Å²) in [6.45, 7) is 12.5. The van der Waals surface area contributed by atoms with Crippen molar-refractivity contribution in [3.8, 4) is 0 Å². The Morgan fingerprint density at radius 3 is 2.10 bits per heavy atom. The van der Waals surface area contributed by atoms with Crippen LogP contribution >= 0.6 is 0 Å². The fourth-order valence-electron chi connectivity index (χ4n) is 2.18. The maximum Gasteiger partial charge on any atom is 0.152 e. The van der Waals surface area contributed by atoms with E-state index in [1.165, 1.54) is 23.9 Å². The van der Waals surface area contributed by atoms with E-state index in [2.05, 4.69) is 59.2 Å². The monoisotopic (exact) mass is 273 g/mol. The van der Waals surface area contributed by atoms with Crippen LogP contribution in [0.5, 0.6) is 0 Å². The highest BCUT2D eigenvalue weighted by molar-refractivity contribution is 6.53. The molecular weight excluding hydrogens is 243 g/mol. The largest absolute Gasteiger partial charge is 0.390 e. The van der Waals surface area contributed by atoms with Gasteiger partial charge in [0.05, 0.1) is 5.60 Å². The summed E-state index contributed by atoms with van der Waals surface area (Å²) in [5, 5.41) is 10.2. The van der Waals surface area contributed by atoms with Crippen molar-refractivity contribution in [2.75, 3.05) is 0 Å². The van der Waals surface area contributed by atoms with E-state index >= 15 is 0 Å². The summed E-state index contributed by atoms with van der Waals surface area (Å²) in [5.74, 6) is 0.641. The van der Waals surface area contributed by atoms with Crippen molar-refractivity contribution in [2.45, 2.75) is 72.2 Å². The molecule has 0 bridgehead atoms. The normalized spacial score (nSPS) is 14.2. The molecule has 0 aliphatic rings. The van der Waals surface area contributed by atoms with Gasteiger partial charge in [0.2, 0.25) is 0 Å². The third-order valence-corrected chi connectivity index (χ3v) is 4.73. The summed E-state index contributed by atoms with van der Waals surface area (Å²) in [4.78, 5) is 0. The van der Waals surface area contributed by atoms with Crippen LogP contribution in [-0.2, 0) is 0 Å². The number of benzene rings is 1. The minimum atomic E-state index is -0.668. The Bertz CT molecular complexity index is 400. The lowest BCUT2D eigenvalue weighted by Gasteiger charge is -2.37. The smallest absolute Gasteiger partial charge is 0.152 e. The minimum Gasteiger partial charge on any atom is -0.390 e. The third-order valence-electron chi connectivity index (χ3n) is 4.73. The molecule has 0 heterocycles. The van der Waals surface area contributed by atoms with Crippen LogP contribution in [-0.4, -0.2) is 18.0 Å². The predicted molar refractivity (Wildman–Crippen MR) is 90.0 cm³/mol. The molecule has 0 spiro atoms. The third kappa shape index (κ3) is 4.66. The van der Waals surface area contributed by atoms with Gasteiger partial charge in [-0.2, -0.15) is 0 Å². The van der Waals surface area contributed by atoms with Gasteiger partial charge in [-0.05, 0) is 37.2 Å². The van der Waals surface area contributed by atoms with E-state index in [1.807, 2.05) is 13.8 Å². The van der Waals surface area contributed by atoms with Crippen molar-refractivity contribution in [2.24, 2.45) is 5.41 Å². The SMILES string of the molecule is CCCC(C)c1ccc([B]CC(C)(C)C(C)(C)O)cc1. The van der Waals surface area contributed by atoms with Crippen LogP contribution in [0.1, 0.15) is 65.9 Å². The van der Waals surface area contributed by atoms with Crippen molar-refractivity contribution in [3.63, 3.8) is 0 Å². The molecular formula is C18H30BO. The number of aliphatic hydroxyl groups is 1. The van der Waals surface area contributed by atoms with Crippen molar-refractivity contribution >= 4 is 12.7 Å². The number of hydrogen-bond donors (Lipinski definition) is 1. The summed E-state index contributed by atoms with van der Waals surface area (Å²) in [6.07, 6.45) is 3.35. The van der Waals surface area contributed by atoms with Gasteiger partial charge in [0.25, 0.3) is 0 Å². The lowest BCUT2D eigenvalue weighted by atomic mass is 9.56. The van der Waals surface area contributed by atoms with E-state index in [9.17, 15) is 5.11 Å². The summed E-state index contributed by atoms with van der Waals surface area (Å²) in [6, 6.07) is 8.87. The number of hydrogen-bond acceptors (Lipinski definition) is 1. The summed E-state index contributed by atoms with van der Waals surface area (Å²) in [7, 11) is 2.23. The zero-order chi connectivity index (χ0) is 15.4. The predicted octanol–water partition coefficient (Wildman–Crippen LogP) is 4.14. The van der Waals surface area contributed by atoms with Gasteiger partial charge >= 0.3 is 0 Å². The molecule has 0 saturated carbocycles. The molecule has 2 heteroatoms. The summed E-state index contributed by atoms with van der Waals surface area (Å²) in [5.41, 5.74) is 1.88. The van der Waals surface area contributed by atoms with E-state index in [0.29, 0.717) is 5.92 Å². The van der Waals surface area contributed by atoms with Crippen molar-refractivity contribution in [1.29, 1.82) is 0 Å². The van der Waals surface area contributed by atoms with Crippen LogP contribution in [0.4, 0.5) is 0 Å². The molecule has 1 atom stereocenters. The van der Waals surface area contributed by atoms with Gasteiger partial charge in [-0.15, -0.1) is 0 Å². The first-order valence-electron chi connectivity index (χ1n) is 7.83. The molecule has 1 N–H and O–H groups in total. The molecule has 1 radical (unpaired) electrons. The van der Waals surface area contributed by atoms with Crippen LogP contribution in [0.2, 0.25) is 6.32 Å². The molecule has 111 valence electrons. The zero-order valence-corrected chi connectivity index (χ0v) is 14.0. The van der Waals surface area contributed by atoms with Gasteiger partial charge in [-0.3, -0.25) is 0 Å². The van der Waals surface area contributed by atoms with Gasteiger partial charge in [0.1, 0.15) is 0 Å². The maximum absolute atomic E-state index is 10.2. The summed E-state index contributed by atoms with van der Waals surface area (Å²) >= 11 is 0. The lowest BCUT2D eigenvalue weighted by Crippen LogP contribution is -2.40. The van der Waals surface area contributed by atoms with Gasteiger partial charge in [0.15, 0.2) is 7.28 Å². The second-order valence-corrected chi connectivity index (χ2v) is 7.21. The zero-order valence-electron chi connectivity index (χ0n) is 14.0. The van der Waals surface area contributed by atoms with Gasteiger partial charge in [-0.1, -0.05) is 70.2 Å². The fraction of sp³-hybridized carbons (Fsp3) is 0.667. The molecule has 1 unspecified atom stereocenters. The molecule has 0 aliphatic carbocycles. The van der Waals surface area contributed by atoms with Crippen LogP contribution in [0, 0.1) is 5.41 Å². The highest BCUT2D eigenvalue weighted by Gasteiger charge is 2.34. The Morgan fingerprint density at radius 2 is 1.65 bits per heavy atom. The lowest BCUT2D eigenvalue weighted by molar-refractivity contribution is -0.0236. The van der Waals surface area contributed by atoms with Crippen LogP contribution in [0.15, 0.2) is 24.3 Å². The second kappa shape index (κ2) is 6.80. The highest BCUT2D eigenvalue weighted by atomic mass is 16.3. The Labute approximate surface area is 126 Å². The Kier molecular flexibility index (Phi) is 5.88. The molecule has 1 aromatic rings. The standard InChI is InChI=1S/C18H30BO/c1-7-8-14(2)15-9-11-16(12-10-15)19-13-17(3,4)18(5,6)20/h9-12,14,20H,7-8,13H2,1-6H3. The molecule has 0 amide bonds. The van der Waals surface area contributed by atoms with Gasteiger partial charge < -0.3 is 5.11 Å². The van der Waals surface area contributed by atoms with E-state index in [4.69, 9.17) is 0 Å². The number of rotatable bonds is 7. The molecule has 1 rings (SSSR count). The van der Waals surface area contributed by atoms with E-state index < -0.39 is 5.60 Å². The van der Waals surface area contributed by atoms with Crippen LogP contribution in [0.25, 0.3) is 0 Å². The molecule has 1 nitrogen and oxygen atoms in total. The average Bonchev–Trinajstić information content (AvgIpc) is 2.36. The van der Waals surface area contributed by atoms with Crippen molar-refractivity contribution in [3.05, 3.63) is 29.8 Å². The Balaban J connectivity index is 2.63. The van der Waals surface area contributed by atoms with E-state index in [-0.39, 0.29) is 5.41 Å². The van der Waals surface area contributed by atoms with Gasteiger partial charge in [-0.25, -0.2) is 0 Å². The molecule has 1 aromatic carbocycles. The first-order valence-corrected chi connectivity index (χ1v) is 7.83. The molecule has 20 heavy (non-hydrogen) atoms. The molecule has 0 aliphatic heterocycles. The average molecular weight is 273 g/mol. The van der Waals surface area contributed by atoms with E-state index in [0.717, 1.165) is 6.32 Å². The van der Waals surface area contributed by atoms with Crippen molar-refractivity contribution < 1.29 is 5.11 Å². The Hall–Kier alpha value is -0.755. The fourth-order valence-corrected chi connectivity index (χ4v) is 2.18. The molecule has 0 fully saturated rings. The molecule has 0 saturated heterocycles. The maximum atomic E-state index is 10.2. The quantitative estimate of drug-likeness (QED) is 0.740. The highest BCUT2D eigenvalue weighted by Crippen LogP contribution is 2.33. The van der Waals surface area contributed by atoms with E-state index in [1.54, 1.807) is 0 Å². The first kappa shape index (κ1) is 17.3. The summed E-state index contributed by atoms with van der Waals surface area (Å²) < 4.78 is 0. The van der Waals surface area contributed by atoms with Crippen molar-refractivity contribution in [1.82, 2.24) is 0 Å². The van der Waals surface area contributed by atoms with Crippen LogP contribution in [0.3, 0.4) is 0 Å².